The van der Waals surface area contributed by atoms with Crippen LogP contribution >= 0.6 is 0 Å². The van der Waals surface area contributed by atoms with Crippen LogP contribution in [0.5, 0.6) is 5.75 Å². The van der Waals surface area contributed by atoms with Crippen molar-refractivity contribution < 1.29 is 9.47 Å². The van der Waals surface area contributed by atoms with Crippen LogP contribution in [0, 0.1) is 5.41 Å². The van der Waals surface area contributed by atoms with E-state index in [2.05, 4.69) is 44.2 Å². The quantitative estimate of drug-likeness (QED) is 0.685. The van der Waals surface area contributed by atoms with E-state index < -0.39 is 0 Å². The van der Waals surface area contributed by atoms with Gasteiger partial charge in [-0.3, -0.25) is 0 Å². The van der Waals surface area contributed by atoms with Crippen LogP contribution in [0.4, 0.5) is 0 Å². The van der Waals surface area contributed by atoms with Crippen molar-refractivity contribution in [2.75, 3.05) is 13.2 Å². The van der Waals surface area contributed by atoms with Gasteiger partial charge in [-0.1, -0.05) is 50.3 Å². The maximum absolute atomic E-state index is 6.00. The lowest BCUT2D eigenvalue weighted by Crippen LogP contribution is -2.06. The van der Waals surface area contributed by atoms with Crippen LogP contribution in [0.15, 0.2) is 66.5 Å². The van der Waals surface area contributed by atoms with Gasteiger partial charge in [-0.05, 0) is 30.7 Å². The van der Waals surface area contributed by atoms with Gasteiger partial charge in [-0.15, -0.1) is 0 Å². The molecule has 1 aromatic rings. The zero-order chi connectivity index (χ0) is 15.4. The van der Waals surface area contributed by atoms with Gasteiger partial charge < -0.3 is 9.47 Å². The van der Waals surface area contributed by atoms with Gasteiger partial charge >= 0.3 is 0 Å². The molecule has 22 heavy (non-hydrogen) atoms. The summed E-state index contributed by atoms with van der Waals surface area (Å²) in [6, 6.07) is 8.14. The number of hydrogen-bond acceptors (Lipinski definition) is 2. The van der Waals surface area contributed by atoms with Gasteiger partial charge in [-0.25, -0.2) is 0 Å². The van der Waals surface area contributed by atoms with Crippen LogP contribution in [0.25, 0.3) is 5.57 Å². The molecule has 3 rings (SSSR count). The number of rotatable bonds is 1. The predicted molar refractivity (Wildman–Crippen MR) is 90.6 cm³/mol. The Balaban J connectivity index is 2.13. The van der Waals surface area contributed by atoms with Crippen LogP contribution < -0.4 is 4.74 Å². The molecule has 0 radical (unpaired) electrons. The molecule has 0 aromatic heterocycles. The van der Waals surface area contributed by atoms with Crippen LogP contribution in [0.3, 0.4) is 0 Å². The summed E-state index contributed by atoms with van der Waals surface area (Å²) < 4.78 is 11.9. The number of fused-ring (bicyclic) bond motifs is 2. The van der Waals surface area contributed by atoms with Crippen molar-refractivity contribution in [1.29, 1.82) is 0 Å². The lowest BCUT2D eigenvalue weighted by molar-refractivity contribution is 0.261. The first-order valence-electron chi connectivity index (χ1n) is 7.84. The van der Waals surface area contributed by atoms with Gasteiger partial charge in [0, 0.05) is 16.6 Å². The summed E-state index contributed by atoms with van der Waals surface area (Å²) in [4.78, 5) is 0. The molecule has 114 valence electrons. The molecule has 0 N–H and O–H groups in total. The normalized spacial score (nSPS) is 25.4. The van der Waals surface area contributed by atoms with Crippen LogP contribution in [-0.4, -0.2) is 13.2 Å². The molecule has 0 saturated carbocycles. The molecule has 1 heterocycles. The first kappa shape index (κ1) is 14.7. The second-order valence-corrected chi connectivity index (χ2v) is 5.89. The Labute approximate surface area is 132 Å². The van der Waals surface area contributed by atoms with Crippen molar-refractivity contribution in [2.45, 2.75) is 20.3 Å². The van der Waals surface area contributed by atoms with Crippen LogP contribution in [0.2, 0.25) is 0 Å². The summed E-state index contributed by atoms with van der Waals surface area (Å²) in [7, 11) is 0. The van der Waals surface area contributed by atoms with Crippen LogP contribution in [-0.2, 0) is 4.74 Å². The maximum Gasteiger partial charge on any atom is 0.127 e. The second-order valence-electron chi connectivity index (χ2n) is 5.89. The molecule has 0 spiro atoms. The minimum Gasteiger partial charge on any atom is -0.489 e. The third-order valence-corrected chi connectivity index (χ3v) is 4.29. The average Bonchev–Trinajstić information content (AvgIpc) is 2.72. The zero-order valence-corrected chi connectivity index (χ0v) is 13.2. The van der Waals surface area contributed by atoms with E-state index in [-0.39, 0.29) is 5.41 Å². The molecular formula is C20H22O2. The van der Waals surface area contributed by atoms with Crippen LogP contribution in [0.1, 0.15) is 25.8 Å². The van der Waals surface area contributed by atoms with E-state index in [0.717, 1.165) is 29.1 Å². The van der Waals surface area contributed by atoms with Gasteiger partial charge in [0.15, 0.2) is 0 Å². The molecule has 0 fully saturated rings. The lowest BCUT2D eigenvalue weighted by atomic mass is 9.87. The monoisotopic (exact) mass is 294 g/mol. The molecule has 1 aromatic carbocycles. The zero-order valence-electron chi connectivity index (χ0n) is 13.2. The summed E-state index contributed by atoms with van der Waals surface area (Å²) >= 11 is 0. The Hall–Kier alpha value is -2.22. The van der Waals surface area contributed by atoms with Crippen molar-refractivity contribution >= 4 is 5.57 Å². The minimum absolute atomic E-state index is 0.0577. The third kappa shape index (κ3) is 3.01. The standard InChI is InChI=1S/C20H22O2/c1-3-20(2)12-10-17-16-8-4-5-9-18(16)21-14-6-7-15-22-19(17)11-13-20/h4-13H,3,14-15H2,1-2H3/b7-6-. The van der Waals surface area contributed by atoms with Crippen molar-refractivity contribution in [2.24, 2.45) is 5.41 Å². The molecule has 1 unspecified atom stereocenters. The number of para-hydroxylation sites is 1. The van der Waals surface area contributed by atoms with E-state index in [1.54, 1.807) is 0 Å². The number of ether oxygens (including phenoxy) is 2. The molecule has 1 aliphatic heterocycles. The molecule has 0 amide bonds. The van der Waals surface area contributed by atoms with E-state index in [4.69, 9.17) is 9.47 Å². The summed E-state index contributed by atoms with van der Waals surface area (Å²) in [6.07, 6.45) is 13.8. The summed E-state index contributed by atoms with van der Waals surface area (Å²) in [6.45, 7) is 5.57. The predicted octanol–water partition coefficient (Wildman–Crippen LogP) is 4.91. The summed E-state index contributed by atoms with van der Waals surface area (Å²) in [5.74, 6) is 1.79. The fourth-order valence-corrected chi connectivity index (χ4v) is 2.58. The van der Waals surface area contributed by atoms with Crippen molar-refractivity contribution in [1.82, 2.24) is 0 Å². The molecule has 2 heteroatoms. The summed E-state index contributed by atoms with van der Waals surface area (Å²) in [5.41, 5.74) is 2.22. The highest BCUT2D eigenvalue weighted by atomic mass is 16.5. The maximum atomic E-state index is 6.00. The molecule has 0 bridgehead atoms. The second kappa shape index (κ2) is 6.27. The number of allylic oxidation sites excluding steroid dienone is 5. The highest BCUT2D eigenvalue weighted by Gasteiger charge is 2.20. The third-order valence-electron chi connectivity index (χ3n) is 4.29. The first-order chi connectivity index (χ1) is 10.7. The SMILES string of the molecule is CCC1(C)C=CC2=C(C=C1)c1ccccc1OC/C=C\CO2. The smallest absolute Gasteiger partial charge is 0.127 e. The highest BCUT2D eigenvalue weighted by molar-refractivity contribution is 5.81. The van der Waals surface area contributed by atoms with Gasteiger partial charge in [0.25, 0.3) is 0 Å². The Morgan fingerprint density at radius 1 is 1.00 bits per heavy atom. The molecule has 2 nitrogen and oxygen atoms in total. The Kier molecular flexibility index (Phi) is 4.19. The molecule has 1 aliphatic carbocycles. The lowest BCUT2D eigenvalue weighted by Gasteiger charge is -2.18. The number of hydrogen-bond donors (Lipinski definition) is 0. The highest BCUT2D eigenvalue weighted by Crippen LogP contribution is 2.36. The van der Waals surface area contributed by atoms with E-state index in [9.17, 15) is 0 Å². The average molecular weight is 294 g/mol. The topological polar surface area (TPSA) is 18.5 Å². The molecular weight excluding hydrogens is 272 g/mol. The molecule has 1 atom stereocenters. The summed E-state index contributed by atoms with van der Waals surface area (Å²) in [5, 5.41) is 0. The van der Waals surface area contributed by atoms with E-state index in [1.807, 2.05) is 30.4 Å². The largest absolute Gasteiger partial charge is 0.489 e. The van der Waals surface area contributed by atoms with Gasteiger partial charge in [0.1, 0.15) is 24.7 Å². The van der Waals surface area contributed by atoms with Crippen molar-refractivity contribution in [3.05, 3.63) is 72.0 Å². The minimum atomic E-state index is 0.0577. The molecule has 0 saturated heterocycles. The Morgan fingerprint density at radius 3 is 2.55 bits per heavy atom. The van der Waals surface area contributed by atoms with Crippen molar-refractivity contribution in [3.8, 4) is 5.75 Å². The van der Waals surface area contributed by atoms with E-state index in [1.165, 1.54) is 0 Å². The van der Waals surface area contributed by atoms with E-state index >= 15 is 0 Å². The Bertz CT molecular complexity index is 664. The number of benzene rings is 1. The van der Waals surface area contributed by atoms with Gasteiger partial charge in [0.2, 0.25) is 0 Å². The van der Waals surface area contributed by atoms with Gasteiger partial charge in [-0.2, -0.15) is 0 Å². The fourth-order valence-electron chi connectivity index (χ4n) is 2.58. The van der Waals surface area contributed by atoms with Gasteiger partial charge in [0.05, 0.1) is 0 Å². The van der Waals surface area contributed by atoms with E-state index in [0.29, 0.717) is 13.2 Å². The molecule has 2 aliphatic rings. The Morgan fingerprint density at radius 2 is 1.73 bits per heavy atom. The fraction of sp³-hybridized carbons (Fsp3) is 0.300. The first-order valence-corrected chi connectivity index (χ1v) is 7.84. The van der Waals surface area contributed by atoms with Crippen molar-refractivity contribution in [3.63, 3.8) is 0 Å².